The number of carboxylic acid groups (broad SMARTS) is 1. The van der Waals surface area contributed by atoms with Crippen molar-refractivity contribution >= 4 is 5.97 Å². The molecule has 1 aromatic rings. The monoisotopic (exact) mass is 261 g/mol. The molecule has 1 unspecified atom stereocenters. The van der Waals surface area contributed by atoms with E-state index in [1.54, 1.807) is 0 Å². The SMILES string of the molecule is CCC(c1ccc(C)cc1)N(CC(=O)O)CC1CC1. The Balaban J connectivity index is 2.14. The number of benzene rings is 1. The topological polar surface area (TPSA) is 40.5 Å². The number of hydrogen-bond donors (Lipinski definition) is 1. The van der Waals surface area contributed by atoms with Crippen LogP contribution < -0.4 is 0 Å². The Morgan fingerprint density at radius 3 is 2.47 bits per heavy atom. The lowest BCUT2D eigenvalue weighted by Gasteiger charge is -2.30. The first-order valence-corrected chi connectivity index (χ1v) is 7.12. The van der Waals surface area contributed by atoms with Gasteiger partial charge in [-0.25, -0.2) is 0 Å². The van der Waals surface area contributed by atoms with Crippen molar-refractivity contribution in [3.8, 4) is 0 Å². The summed E-state index contributed by atoms with van der Waals surface area (Å²) in [7, 11) is 0. The minimum absolute atomic E-state index is 0.142. The zero-order valence-electron chi connectivity index (χ0n) is 11.8. The van der Waals surface area contributed by atoms with Crippen LogP contribution in [-0.2, 0) is 4.79 Å². The smallest absolute Gasteiger partial charge is 0.317 e. The van der Waals surface area contributed by atoms with Gasteiger partial charge in [0.05, 0.1) is 6.54 Å². The number of carboxylic acids is 1. The van der Waals surface area contributed by atoms with Gasteiger partial charge in [-0.3, -0.25) is 9.69 Å². The number of aryl methyl sites for hydroxylation is 1. The summed E-state index contributed by atoms with van der Waals surface area (Å²) in [4.78, 5) is 13.2. The van der Waals surface area contributed by atoms with Gasteiger partial charge in [-0.2, -0.15) is 0 Å². The number of nitrogens with zero attached hydrogens (tertiary/aromatic N) is 1. The van der Waals surface area contributed by atoms with Gasteiger partial charge < -0.3 is 5.11 Å². The van der Waals surface area contributed by atoms with Crippen molar-refractivity contribution in [3.05, 3.63) is 35.4 Å². The third-order valence-electron chi connectivity index (χ3n) is 3.82. The fourth-order valence-corrected chi connectivity index (χ4v) is 2.60. The van der Waals surface area contributed by atoms with Crippen LogP contribution in [0.3, 0.4) is 0 Å². The van der Waals surface area contributed by atoms with Crippen molar-refractivity contribution in [2.24, 2.45) is 5.92 Å². The molecule has 1 fully saturated rings. The Labute approximate surface area is 115 Å². The van der Waals surface area contributed by atoms with E-state index in [9.17, 15) is 4.79 Å². The van der Waals surface area contributed by atoms with E-state index in [0.717, 1.165) is 13.0 Å². The summed E-state index contributed by atoms with van der Waals surface area (Å²) in [6.07, 6.45) is 3.45. The fraction of sp³-hybridized carbons (Fsp3) is 0.562. The number of carbonyl (C=O) groups is 1. The number of rotatable bonds is 7. The molecule has 3 heteroatoms. The minimum atomic E-state index is -0.730. The molecular formula is C16H23NO2. The van der Waals surface area contributed by atoms with Gasteiger partial charge in [0.1, 0.15) is 0 Å². The summed E-state index contributed by atoms with van der Waals surface area (Å²) >= 11 is 0. The quantitative estimate of drug-likeness (QED) is 0.819. The van der Waals surface area contributed by atoms with Gasteiger partial charge in [0.25, 0.3) is 0 Å². The van der Waals surface area contributed by atoms with Crippen LogP contribution >= 0.6 is 0 Å². The van der Waals surface area contributed by atoms with Crippen LogP contribution in [0.2, 0.25) is 0 Å². The van der Waals surface area contributed by atoms with Crippen molar-refractivity contribution in [2.45, 2.75) is 39.2 Å². The average Bonchev–Trinajstić information content (AvgIpc) is 3.15. The van der Waals surface area contributed by atoms with Crippen LogP contribution in [-0.4, -0.2) is 29.1 Å². The van der Waals surface area contributed by atoms with E-state index in [2.05, 4.69) is 43.0 Å². The first-order chi connectivity index (χ1) is 9.10. The van der Waals surface area contributed by atoms with E-state index < -0.39 is 5.97 Å². The summed E-state index contributed by atoms with van der Waals surface area (Å²) in [5, 5.41) is 9.11. The lowest BCUT2D eigenvalue weighted by atomic mass is 10.0. The highest BCUT2D eigenvalue weighted by atomic mass is 16.4. The Kier molecular flexibility index (Phi) is 4.59. The molecule has 0 aliphatic heterocycles. The standard InChI is InChI=1S/C16H23NO2/c1-3-15(14-8-4-12(2)5-9-14)17(11-16(18)19)10-13-6-7-13/h4-5,8-9,13,15H,3,6-7,10-11H2,1-2H3,(H,18,19). The lowest BCUT2D eigenvalue weighted by molar-refractivity contribution is -0.139. The van der Waals surface area contributed by atoms with Gasteiger partial charge in [0, 0.05) is 12.6 Å². The van der Waals surface area contributed by atoms with Gasteiger partial charge >= 0.3 is 5.97 Å². The maximum Gasteiger partial charge on any atom is 0.317 e. The summed E-state index contributed by atoms with van der Waals surface area (Å²) in [5.74, 6) is -0.0231. The number of aliphatic carboxylic acids is 1. The van der Waals surface area contributed by atoms with Crippen molar-refractivity contribution in [2.75, 3.05) is 13.1 Å². The molecule has 0 radical (unpaired) electrons. The van der Waals surface area contributed by atoms with Crippen LogP contribution in [0.15, 0.2) is 24.3 Å². The van der Waals surface area contributed by atoms with Gasteiger partial charge in [-0.1, -0.05) is 36.8 Å². The largest absolute Gasteiger partial charge is 0.480 e. The normalized spacial score (nSPS) is 16.6. The van der Waals surface area contributed by atoms with E-state index in [1.165, 1.54) is 24.0 Å². The molecule has 104 valence electrons. The molecular weight excluding hydrogens is 238 g/mol. The zero-order chi connectivity index (χ0) is 13.8. The molecule has 1 aromatic carbocycles. The third-order valence-corrected chi connectivity index (χ3v) is 3.82. The van der Waals surface area contributed by atoms with Gasteiger partial charge in [0.2, 0.25) is 0 Å². The molecule has 0 spiro atoms. The summed E-state index contributed by atoms with van der Waals surface area (Å²) < 4.78 is 0. The van der Waals surface area contributed by atoms with E-state index in [-0.39, 0.29) is 12.6 Å². The van der Waals surface area contributed by atoms with E-state index >= 15 is 0 Å². The van der Waals surface area contributed by atoms with Crippen molar-refractivity contribution < 1.29 is 9.90 Å². The van der Waals surface area contributed by atoms with Crippen LogP contribution in [0.5, 0.6) is 0 Å². The van der Waals surface area contributed by atoms with Crippen LogP contribution in [0.4, 0.5) is 0 Å². The Bertz CT molecular complexity index is 423. The van der Waals surface area contributed by atoms with Crippen LogP contribution in [0.25, 0.3) is 0 Å². The summed E-state index contributed by atoms with van der Waals surface area (Å²) in [6, 6.07) is 8.69. The second kappa shape index (κ2) is 6.20. The van der Waals surface area contributed by atoms with Crippen molar-refractivity contribution in [1.29, 1.82) is 0 Å². The predicted octanol–water partition coefficient (Wildman–Crippen LogP) is 3.24. The van der Waals surface area contributed by atoms with E-state index in [1.807, 2.05) is 0 Å². The summed E-state index contributed by atoms with van der Waals surface area (Å²) in [6.45, 7) is 5.26. The molecule has 1 N–H and O–H groups in total. The lowest BCUT2D eigenvalue weighted by Crippen LogP contribution is -2.35. The van der Waals surface area contributed by atoms with Crippen molar-refractivity contribution in [3.63, 3.8) is 0 Å². The molecule has 3 nitrogen and oxygen atoms in total. The summed E-state index contributed by atoms with van der Waals surface area (Å²) in [5.41, 5.74) is 2.47. The molecule has 0 amide bonds. The minimum Gasteiger partial charge on any atom is -0.480 e. The highest BCUT2D eigenvalue weighted by molar-refractivity contribution is 5.69. The third kappa shape index (κ3) is 4.06. The first kappa shape index (κ1) is 14.1. The maximum absolute atomic E-state index is 11.1. The molecule has 0 saturated heterocycles. The molecule has 0 heterocycles. The van der Waals surface area contributed by atoms with Gasteiger partial charge in [-0.15, -0.1) is 0 Å². The predicted molar refractivity (Wildman–Crippen MR) is 76.1 cm³/mol. The Morgan fingerprint density at radius 2 is 2.00 bits per heavy atom. The molecule has 0 aromatic heterocycles. The molecule has 19 heavy (non-hydrogen) atoms. The number of hydrogen-bond acceptors (Lipinski definition) is 2. The van der Waals surface area contributed by atoms with Crippen molar-refractivity contribution in [1.82, 2.24) is 4.90 Å². The van der Waals surface area contributed by atoms with Crippen LogP contribution in [0.1, 0.15) is 43.4 Å². The second-order valence-electron chi connectivity index (χ2n) is 5.60. The molecule has 0 bridgehead atoms. The molecule has 1 atom stereocenters. The first-order valence-electron chi connectivity index (χ1n) is 7.12. The van der Waals surface area contributed by atoms with E-state index in [0.29, 0.717) is 5.92 Å². The average molecular weight is 261 g/mol. The molecule has 1 saturated carbocycles. The highest BCUT2D eigenvalue weighted by Gasteiger charge is 2.29. The van der Waals surface area contributed by atoms with Gasteiger partial charge in [-0.05, 0) is 37.7 Å². The van der Waals surface area contributed by atoms with Crippen LogP contribution in [0, 0.1) is 12.8 Å². The Hall–Kier alpha value is -1.35. The second-order valence-corrected chi connectivity index (χ2v) is 5.60. The zero-order valence-corrected chi connectivity index (χ0v) is 11.8. The van der Waals surface area contributed by atoms with E-state index in [4.69, 9.17) is 5.11 Å². The van der Waals surface area contributed by atoms with Gasteiger partial charge in [0.15, 0.2) is 0 Å². The molecule has 1 aliphatic rings. The molecule has 1 aliphatic carbocycles. The fourth-order valence-electron chi connectivity index (χ4n) is 2.60. The molecule has 2 rings (SSSR count). The Morgan fingerprint density at radius 1 is 1.37 bits per heavy atom. The maximum atomic E-state index is 11.1. The highest BCUT2D eigenvalue weighted by Crippen LogP contribution is 2.33.